The highest BCUT2D eigenvalue weighted by Crippen LogP contribution is 2.32. The summed E-state index contributed by atoms with van der Waals surface area (Å²) in [5, 5.41) is 13.1. The molecule has 22 heavy (non-hydrogen) atoms. The van der Waals surface area contributed by atoms with Crippen molar-refractivity contribution in [2.45, 2.75) is 5.60 Å². The topological polar surface area (TPSA) is 46.5 Å². The maximum Gasteiger partial charge on any atom is 0.347 e. The Morgan fingerprint density at radius 3 is 2.18 bits per heavy atom. The van der Waals surface area contributed by atoms with Gasteiger partial charge in [0.2, 0.25) is 5.60 Å². The number of esters is 1. The molecule has 0 radical (unpaired) electrons. The second-order valence-corrected chi connectivity index (χ2v) is 5.13. The Labute approximate surface area is 128 Å². The van der Waals surface area contributed by atoms with Gasteiger partial charge in [-0.3, -0.25) is 0 Å². The van der Waals surface area contributed by atoms with Crippen molar-refractivity contribution in [3.05, 3.63) is 83.9 Å². The minimum atomic E-state index is -1.82. The summed E-state index contributed by atoms with van der Waals surface area (Å²) in [6.07, 6.45) is 0. The Hall–Kier alpha value is -2.65. The van der Waals surface area contributed by atoms with Gasteiger partial charge in [-0.05, 0) is 22.4 Å². The summed E-state index contributed by atoms with van der Waals surface area (Å²) < 4.78 is 4.85. The highest BCUT2D eigenvalue weighted by atomic mass is 16.5. The van der Waals surface area contributed by atoms with E-state index in [4.69, 9.17) is 4.74 Å². The quantitative estimate of drug-likeness (QED) is 0.754. The van der Waals surface area contributed by atoms with Gasteiger partial charge < -0.3 is 9.84 Å². The third-order valence-corrected chi connectivity index (χ3v) is 3.84. The smallest absolute Gasteiger partial charge is 0.347 e. The van der Waals surface area contributed by atoms with Crippen LogP contribution in [0.1, 0.15) is 11.1 Å². The molecular formula is C19H16O3. The van der Waals surface area contributed by atoms with E-state index in [1.54, 1.807) is 30.3 Å². The predicted octanol–water partition coefficient (Wildman–Crippen LogP) is 3.25. The second-order valence-electron chi connectivity index (χ2n) is 5.13. The molecule has 0 aliphatic rings. The Balaban J connectivity index is 2.22. The minimum Gasteiger partial charge on any atom is -0.466 e. The van der Waals surface area contributed by atoms with Crippen LogP contribution in [0.25, 0.3) is 10.8 Å². The van der Waals surface area contributed by atoms with Gasteiger partial charge in [-0.15, -0.1) is 0 Å². The number of methoxy groups -OCH3 is 1. The fraction of sp³-hybridized carbons (Fsp3) is 0.105. The summed E-state index contributed by atoms with van der Waals surface area (Å²) in [7, 11) is 1.28. The standard InChI is InChI=1S/C19H16O3/c1-22-18(20)19(21,16-9-3-2-4-10-16)17-12-11-14-7-5-6-8-15(14)13-17/h2-13,21H,1H3. The van der Waals surface area contributed by atoms with Crippen LogP contribution >= 0.6 is 0 Å². The molecule has 0 aliphatic carbocycles. The normalized spacial score (nSPS) is 13.5. The molecule has 0 bridgehead atoms. The van der Waals surface area contributed by atoms with Gasteiger partial charge in [0, 0.05) is 5.56 Å². The summed E-state index contributed by atoms with van der Waals surface area (Å²) in [4.78, 5) is 12.3. The Kier molecular flexibility index (Phi) is 3.65. The number of ether oxygens (including phenoxy) is 1. The number of hydrogen-bond donors (Lipinski definition) is 1. The van der Waals surface area contributed by atoms with Crippen LogP contribution in [-0.4, -0.2) is 18.2 Å². The molecule has 1 N–H and O–H groups in total. The molecular weight excluding hydrogens is 276 g/mol. The fourth-order valence-corrected chi connectivity index (χ4v) is 2.64. The molecule has 0 saturated heterocycles. The number of benzene rings is 3. The van der Waals surface area contributed by atoms with Crippen molar-refractivity contribution in [1.82, 2.24) is 0 Å². The van der Waals surface area contributed by atoms with Gasteiger partial charge in [0.1, 0.15) is 0 Å². The SMILES string of the molecule is COC(=O)C(O)(c1ccccc1)c1ccc2ccccc2c1. The maximum atomic E-state index is 12.3. The number of carbonyl (C=O) groups is 1. The number of aliphatic hydroxyl groups is 1. The fourth-order valence-electron chi connectivity index (χ4n) is 2.64. The van der Waals surface area contributed by atoms with Crippen molar-refractivity contribution in [1.29, 1.82) is 0 Å². The van der Waals surface area contributed by atoms with Gasteiger partial charge in [-0.1, -0.05) is 66.7 Å². The van der Waals surface area contributed by atoms with Crippen molar-refractivity contribution in [2.24, 2.45) is 0 Å². The lowest BCUT2D eigenvalue weighted by atomic mass is 9.85. The molecule has 1 unspecified atom stereocenters. The lowest BCUT2D eigenvalue weighted by Crippen LogP contribution is -2.38. The van der Waals surface area contributed by atoms with Crippen LogP contribution < -0.4 is 0 Å². The van der Waals surface area contributed by atoms with E-state index in [0.29, 0.717) is 11.1 Å². The molecule has 0 heterocycles. The highest BCUT2D eigenvalue weighted by Gasteiger charge is 2.41. The van der Waals surface area contributed by atoms with E-state index in [2.05, 4.69) is 0 Å². The second kappa shape index (κ2) is 5.62. The summed E-state index contributed by atoms with van der Waals surface area (Å²) in [6.45, 7) is 0. The Morgan fingerprint density at radius 2 is 1.50 bits per heavy atom. The van der Waals surface area contributed by atoms with Crippen molar-refractivity contribution in [3.63, 3.8) is 0 Å². The molecule has 0 aromatic heterocycles. The molecule has 0 amide bonds. The molecule has 3 heteroatoms. The third kappa shape index (κ3) is 2.26. The zero-order chi connectivity index (χ0) is 15.6. The van der Waals surface area contributed by atoms with Gasteiger partial charge in [0.25, 0.3) is 0 Å². The molecule has 0 fully saturated rings. The van der Waals surface area contributed by atoms with Gasteiger partial charge in [0.05, 0.1) is 7.11 Å². The first-order valence-corrected chi connectivity index (χ1v) is 7.02. The first-order valence-electron chi connectivity index (χ1n) is 7.02. The van der Waals surface area contributed by atoms with E-state index in [9.17, 15) is 9.90 Å². The van der Waals surface area contributed by atoms with Crippen LogP contribution in [-0.2, 0) is 15.1 Å². The lowest BCUT2D eigenvalue weighted by Gasteiger charge is -2.26. The van der Waals surface area contributed by atoms with Crippen LogP contribution in [0.15, 0.2) is 72.8 Å². The summed E-state index contributed by atoms with van der Waals surface area (Å²) >= 11 is 0. The predicted molar refractivity (Wildman–Crippen MR) is 85.4 cm³/mol. The van der Waals surface area contributed by atoms with Gasteiger partial charge >= 0.3 is 5.97 Å². The van der Waals surface area contributed by atoms with Crippen LogP contribution in [0.4, 0.5) is 0 Å². The van der Waals surface area contributed by atoms with E-state index < -0.39 is 11.6 Å². The molecule has 0 spiro atoms. The number of rotatable bonds is 3. The molecule has 3 rings (SSSR count). The average molecular weight is 292 g/mol. The first-order chi connectivity index (χ1) is 10.7. The lowest BCUT2D eigenvalue weighted by molar-refractivity contribution is -0.158. The average Bonchev–Trinajstić information content (AvgIpc) is 2.60. The Bertz CT molecular complexity index is 811. The molecule has 0 aliphatic heterocycles. The van der Waals surface area contributed by atoms with Crippen molar-refractivity contribution in [2.75, 3.05) is 7.11 Å². The maximum absolute atomic E-state index is 12.3. The van der Waals surface area contributed by atoms with Crippen molar-refractivity contribution >= 4 is 16.7 Å². The van der Waals surface area contributed by atoms with Gasteiger partial charge in [-0.2, -0.15) is 0 Å². The molecule has 3 aromatic carbocycles. The number of hydrogen-bond acceptors (Lipinski definition) is 3. The molecule has 1 atom stereocenters. The van der Waals surface area contributed by atoms with Crippen molar-refractivity contribution < 1.29 is 14.6 Å². The molecule has 110 valence electrons. The van der Waals surface area contributed by atoms with E-state index in [-0.39, 0.29) is 0 Å². The largest absolute Gasteiger partial charge is 0.466 e. The highest BCUT2D eigenvalue weighted by molar-refractivity contribution is 5.89. The van der Waals surface area contributed by atoms with Crippen LogP contribution in [0.2, 0.25) is 0 Å². The summed E-state index contributed by atoms with van der Waals surface area (Å²) in [5.41, 5.74) is -0.846. The molecule has 3 aromatic rings. The van der Waals surface area contributed by atoms with Gasteiger partial charge in [0.15, 0.2) is 0 Å². The monoisotopic (exact) mass is 292 g/mol. The minimum absolute atomic E-state index is 0.483. The van der Waals surface area contributed by atoms with E-state index in [1.165, 1.54) is 7.11 Å². The number of carbonyl (C=O) groups excluding carboxylic acids is 1. The van der Waals surface area contributed by atoms with Crippen LogP contribution in [0, 0.1) is 0 Å². The zero-order valence-corrected chi connectivity index (χ0v) is 12.2. The summed E-state index contributed by atoms with van der Waals surface area (Å²) in [5.74, 6) is -0.700. The van der Waals surface area contributed by atoms with Crippen molar-refractivity contribution in [3.8, 4) is 0 Å². The third-order valence-electron chi connectivity index (χ3n) is 3.84. The molecule has 3 nitrogen and oxygen atoms in total. The number of fused-ring (bicyclic) bond motifs is 1. The van der Waals surface area contributed by atoms with E-state index >= 15 is 0 Å². The Morgan fingerprint density at radius 1 is 0.864 bits per heavy atom. The van der Waals surface area contributed by atoms with Crippen LogP contribution in [0.5, 0.6) is 0 Å². The summed E-state index contributed by atoms with van der Waals surface area (Å²) in [6, 6.07) is 22.1. The van der Waals surface area contributed by atoms with Gasteiger partial charge in [-0.25, -0.2) is 4.79 Å². The van der Waals surface area contributed by atoms with E-state index in [0.717, 1.165) is 10.8 Å². The first kappa shape index (κ1) is 14.3. The van der Waals surface area contributed by atoms with Crippen LogP contribution in [0.3, 0.4) is 0 Å². The zero-order valence-electron chi connectivity index (χ0n) is 12.2. The van der Waals surface area contributed by atoms with E-state index in [1.807, 2.05) is 42.5 Å². The molecule has 0 saturated carbocycles.